The van der Waals surface area contributed by atoms with Crippen molar-refractivity contribution in [1.82, 2.24) is 0 Å². The lowest BCUT2D eigenvalue weighted by Crippen LogP contribution is -2.42. The fourth-order valence-electron chi connectivity index (χ4n) is 1.97. The van der Waals surface area contributed by atoms with Crippen LogP contribution in [0.3, 0.4) is 0 Å². The lowest BCUT2D eigenvalue weighted by atomic mass is 9.93. The van der Waals surface area contributed by atoms with Crippen LogP contribution in [0, 0.1) is 12.1 Å². The second-order valence-electron chi connectivity index (χ2n) is 3.33. The van der Waals surface area contributed by atoms with Gasteiger partial charge in [-0.05, 0) is 19.3 Å². The van der Waals surface area contributed by atoms with Crippen molar-refractivity contribution in [3.05, 3.63) is 6.17 Å². The van der Waals surface area contributed by atoms with Gasteiger partial charge in [0, 0.05) is 5.92 Å². The van der Waals surface area contributed by atoms with Crippen LogP contribution in [0.25, 0.3) is 0 Å². The van der Waals surface area contributed by atoms with E-state index in [-0.39, 0.29) is 19.3 Å². The van der Waals surface area contributed by atoms with Gasteiger partial charge in [-0.1, -0.05) is 0 Å². The molecule has 4 heteroatoms. The Bertz CT molecular complexity index is 188. The van der Waals surface area contributed by atoms with Crippen LogP contribution in [0.4, 0.5) is 17.6 Å². The first kappa shape index (κ1) is 7.37. The maximum absolute atomic E-state index is 13.1. The molecule has 63 valence electrons. The largest absolute Gasteiger partial charge is 0.318 e. The summed E-state index contributed by atoms with van der Waals surface area (Å²) in [4.78, 5) is 0. The van der Waals surface area contributed by atoms with E-state index in [9.17, 15) is 17.6 Å². The molecule has 1 radical (unpaired) electrons. The number of hydrogen-bond acceptors (Lipinski definition) is 0. The van der Waals surface area contributed by atoms with Gasteiger partial charge in [-0.3, -0.25) is 0 Å². The Kier molecular flexibility index (Phi) is 1.15. The Labute approximate surface area is 61.6 Å². The highest BCUT2D eigenvalue weighted by Gasteiger charge is 2.72. The molecule has 2 aliphatic carbocycles. The first-order valence-electron chi connectivity index (χ1n) is 3.57. The highest BCUT2D eigenvalue weighted by atomic mass is 19.3. The zero-order valence-corrected chi connectivity index (χ0v) is 5.71. The fraction of sp³-hybridized carbons (Fsp3) is 0.857. The first-order valence-corrected chi connectivity index (χ1v) is 3.57. The second-order valence-corrected chi connectivity index (χ2v) is 3.33. The summed E-state index contributed by atoms with van der Waals surface area (Å²) in [5, 5.41) is 0. The third-order valence-electron chi connectivity index (χ3n) is 2.68. The van der Waals surface area contributed by atoms with Gasteiger partial charge in [0.1, 0.15) is 0 Å². The Balaban J connectivity index is 2.36. The van der Waals surface area contributed by atoms with Gasteiger partial charge in [-0.15, -0.1) is 0 Å². The van der Waals surface area contributed by atoms with Gasteiger partial charge in [-0.2, -0.15) is 8.78 Å². The quantitative estimate of drug-likeness (QED) is 0.486. The molecule has 2 unspecified atom stereocenters. The van der Waals surface area contributed by atoms with E-state index in [0.717, 1.165) is 0 Å². The number of halogens is 4. The molecular formula is C7H7F4. The van der Waals surface area contributed by atoms with Crippen molar-refractivity contribution < 1.29 is 17.6 Å². The Morgan fingerprint density at radius 3 is 2.18 bits per heavy atom. The van der Waals surface area contributed by atoms with Crippen molar-refractivity contribution >= 4 is 0 Å². The van der Waals surface area contributed by atoms with Crippen molar-refractivity contribution in [3.8, 4) is 0 Å². The van der Waals surface area contributed by atoms with Gasteiger partial charge in [0.2, 0.25) is 6.17 Å². The highest BCUT2D eigenvalue weighted by molar-refractivity contribution is 5.22. The lowest BCUT2D eigenvalue weighted by Gasteiger charge is -2.28. The third-order valence-corrected chi connectivity index (χ3v) is 2.68. The molecule has 0 amide bonds. The summed E-state index contributed by atoms with van der Waals surface area (Å²) in [5.41, 5.74) is -2.57. The number of rotatable bonds is 0. The molecule has 2 saturated carbocycles. The molecule has 0 saturated heterocycles. The van der Waals surface area contributed by atoms with Gasteiger partial charge >= 0.3 is 5.92 Å². The van der Waals surface area contributed by atoms with Crippen LogP contribution in [0.5, 0.6) is 0 Å². The van der Waals surface area contributed by atoms with E-state index in [1.54, 1.807) is 0 Å². The molecule has 0 aromatic carbocycles. The summed E-state index contributed by atoms with van der Waals surface area (Å²) >= 11 is 0. The van der Waals surface area contributed by atoms with E-state index in [2.05, 4.69) is 0 Å². The van der Waals surface area contributed by atoms with Gasteiger partial charge in [0.15, 0.2) is 5.67 Å². The van der Waals surface area contributed by atoms with E-state index in [0.29, 0.717) is 0 Å². The average Bonchev–Trinajstić information content (AvgIpc) is 2.36. The number of alkyl halides is 3. The monoisotopic (exact) mass is 167 g/mol. The molecule has 0 aromatic heterocycles. The maximum atomic E-state index is 13.1. The van der Waals surface area contributed by atoms with Gasteiger partial charge in [0.25, 0.3) is 0 Å². The smallest absolute Gasteiger partial charge is 0.237 e. The van der Waals surface area contributed by atoms with Crippen molar-refractivity contribution in [2.45, 2.75) is 30.9 Å². The Morgan fingerprint density at radius 1 is 1.27 bits per heavy atom. The standard InChI is InChI=1S/C7H7F4/c8-5-4-1-2-6(9,3-4)7(5,10)11/h4H,1-3H2. The van der Waals surface area contributed by atoms with E-state index >= 15 is 0 Å². The third kappa shape index (κ3) is 0.656. The predicted octanol–water partition coefficient (Wildman–Crippen LogP) is 2.65. The fourth-order valence-corrected chi connectivity index (χ4v) is 1.97. The molecule has 2 atom stereocenters. The summed E-state index contributed by atoms with van der Waals surface area (Å²) in [5.74, 6) is -4.63. The first-order chi connectivity index (χ1) is 4.97. The molecule has 0 heterocycles. The SMILES string of the molecule is F[C]1C2CCC(F)(C2)C1(F)F. The van der Waals surface area contributed by atoms with E-state index in [1.165, 1.54) is 0 Å². The average molecular weight is 167 g/mol. The van der Waals surface area contributed by atoms with Crippen LogP contribution in [-0.4, -0.2) is 11.6 Å². The molecule has 2 bridgehead atoms. The van der Waals surface area contributed by atoms with Crippen molar-refractivity contribution in [3.63, 3.8) is 0 Å². The predicted molar refractivity (Wildman–Crippen MR) is 30.5 cm³/mol. The Morgan fingerprint density at radius 2 is 1.91 bits per heavy atom. The second kappa shape index (κ2) is 1.72. The minimum atomic E-state index is -3.81. The maximum Gasteiger partial charge on any atom is 0.318 e. The highest BCUT2D eigenvalue weighted by Crippen LogP contribution is 2.63. The summed E-state index contributed by atoms with van der Waals surface area (Å²) < 4.78 is 50.9. The lowest BCUT2D eigenvalue weighted by molar-refractivity contribution is -0.127. The van der Waals surface area contributed by atoms with E-state index < -0.39 is 23.7 Å². The van der Waals surface area contributed by atoms with Crippen molar-refractivity contribution in [2.75, 3.05) is 0 Å². The van der Waals surface area contributed by atoms with Crippen LogP contribution in [0.2, 0.25) is 0 Å². The Hall–Kier alpha value is -0.280. The summed E-state index contributed by atoms with van der Waals surface area (Å²) in [7, 11) is 0. The van der Waals surface area contributed by atoms with Gasteiger partial charge in [0.05, 0.1) is 0 Å². The van der Waals surface area contributed by atoms with Crippen molar-refractivity contribution in [2.24, 2.45) is 5.92 Å². The summed E-state index contributed by atoms with van der Waals surface area (Å²) in [6.45, 7) is 0. The molecule has 0 aliphatic heterocycles. The van der Waals surface area contributed by atoms with E-state index in [1.807, 2.05) is 0 Å². The van der Waals surface area contributed by atoms with Crippen LogP contribution < -0.4 is 0 Å². The molecule has 0 aromatic rings. The normalized spacial score (nSPS) is 48.5. The van der Waals surface area contributed by atoms with Crippen LogP contribution in [0.1, 0.15) is 19.3 Å². The summed E-state index contributed by atoms with van der Waals surface area (Å²) in [6.07, 6.45) is -1.73. The molecule has 2 rings (SSSR count). The zero-order chi connectivity index (χ0) is 8.28. The molecule has 11 heavy (non-hydrogen) atoms. The summed E-state index contributed by atoms with van der Waals surface area (Å²) in [6, 6.07) is 0. The van der Waals surface area contributed by atoms with Crippen LogP contribution in [-0.2, 0) is 0 Å². The van der Waals surface area contributed by atoms with Gasteiger partial charge in [-0.25, -0.2) is 8.78 Å². The van der Waals surface area contributed by atoms with Crippen LogP contribution >= 0.6 is 0 Å². The van der Waals surface area contributed by atoms with Crippen LogP contribution in [0.15, 0.2) is 0 Å². The molecule has 2 aliphatic rings. The number of hydrogen-bond donors (Lipinski definition) is 0. The minimum absolute atomic E-state index is 0.196. The number of fused-ring (bicyclic) bond motifs is 2. The molecule has 0 nitrogen and oxygen atoms in total. The topological polar surface area (TPSA) is 0 Å². The molecular weight excluding hydrogens is 160 g/mol. The molecule has 2 fully saturated rings. The molecule has 0 N–H and O–H groups in total. The molecule has 0 spiro atoms. The van der Waals surface area contributed by atoms with E-state index in [4.69, 9.17) is 0 Å². The van der Waals surface area contributed by atoms with Crippen molar-refractivity contribution in [1.29, 1.82) is 0 Å². The van der Waals surface area contributed by atoms with Gasteiger partial charge < -0.3 is 0 Å². The minimum Gasteiger partial charge on any atom is -0.237 e. The zero-order valence-electron chi connectivity index (χ0n) is 5.71.